The fraction of sp³-hybridized carbons (Fsp3) is 0.300. The van der Waals surface area contributed by atoms with E-state index in [1.807, 2.05) is 0 Å². The van der Waals surface area contributed by atoms with Crippen LogP contribution in [0.1, 0.15) is 24.2 Å². The van der Waals surface area contributed by atoms with Crippen molar-refractivity contribution in [3.05, 3.63) is 23.8 Å². The largest absolute Gasteiger partial charge is 0.478 e. The highest BCUT2D eigenvalue weighted by atomic mass is 32.2. The Balaban J connectivity index is 3.06. The maximum atomic E-state index is 11.6. The predicted molar refractivity (Wildman–Crippen MR) is 65.5 cm³/mol. The molecule has 0 heterocycles. The third-order valence-corrected chi connectivity index (χ3v) is 3.92. The molecule has 0 aliphatic rings. The van der Waals surface area contributed by atoms with E-state index in [2.05, 4.69) is 4.72 Å². The van der Waals surface area contributed by atoms with Crippen LogP contribution in [0.15, 0.2) is 18.2 Å². The van der Waals surface area contributed by atoms with Crippen LogP contribution in [0.2, 0.25) is 0 Å². The van der Waals surface area contributed by atoms with Crippen LogP contribution >= 0.6 is 0 Å². The second kappa shape index (κ2) is 4.62. The summed E-state index contributed by atoms with van der Waals surface area (Å²) < 4.78 is 25.5. The molecule has 1 aromatic carbocycles. The molecule has 1 aromatic rings. The Bertz CT molecular complexity index is 537. The van der Waals surface area contributed by atoms with E-state index in [0.29, 0.717) is 0 Å². The number of aromatic carboxylic acids is 1. The minimum Gasteiger partial charge on any atom is -0.478 e. The van der Waals surface area contributed by atoms with E-state index >= 15 is 0 Å². The number of rotatable bonds is 4. The molecule has 0 bridgehead atoms. The van der Waals surface area contributed by atoms with Gasteiger partial charge in [0.05, 0.1) is 22.2 Å². The fourth-order valence-corrected chi connectivity index (χ4v) is 1.79. The highest BCUT2D eigenvalue weighted by molar-refractivity contribution is 7.93. The first-order chi connectivity index (χ1) is 7.74. The van der Waals surface area contributed by atoms with Crippen LogP contribution < -0.4 is 10.5 Å². The first kappa shape index (κ1) is 13.3. The number of nitrogen functional groups attached to an aromatic ring is 1. The van der Waals surface area contributed by atoms with Gasteiger partial charge in [-0.25, -0.2) is 13.2 Å². The van der Waals surface area contributed by atoms with Crippen molar-refractivity contribution in [2.24, 2.45) is 0 Å². The van der Waals surface area contributed by atoms with Gasteiger partial charge in [-0.05, 0) is 32.0 Å². The van der Waals surface area contributed by atoms with E-state index in [4.69, 9.17) is 10.8 Å². The predicted octanol–water partition coefficient (Wildman–Crippen LogP) is 1.12. The zero-order valence-corrected chi connectivity index (χ0v) is 10.3. The van der Waals surface area contributed by atoms with Gasteiger partial charge in [-0.1, -0.05) is 0 Å². The van der Waals surface area contributed by atoms with E-state index in [1.165, 1.54) is 32.0 Å². The van der Waals surface area contributed by atoms with Gasteiger partial charge in [0.15, 0.2) is 0 Å². The Morgan fingerprint density at radius 3 is 2.41 bits per heavy atom. The van der Waals surface area contributed by atoms with Crippen molar-refractivity contribution in [3.63, 3.8) is 0 Å². The SMILES string of the molecule is CC(C)S(=O)(=O)Nc1ccc(C(=O)O)cc1N. The Labute approximate surface area is 99.5 Å². The number of carboxylic acids is 1. The molecule has 0 fully saturated rings. The molecular formula is C10H14N2O4S. The summed E-state index contributed by atoms with van der Waals surface area (Å²) in [4.78, 5) is 10.7. The molecule has 1 rings (SSSR count). The number of anilines is 2. The summed E-state index contributed by atoms with van der Waals surface area (Å²) in [6, 6.07) is 3.83. The van der Waals surface area contributed by atoms with Gasteiger partial charge in [-0.2, -0.15) is 0 Å². The lowest BCUT2D eigenvalue weighted by molar-refractivity contribution is 0.0697. The molecule has 94 valence electrons. The van der Waals surface area contributed by atoms with Crippen LogP contribution in [0.25, 0.3) is 0 Å². The summed E-state index contributed by atoms with van der Waals surface area (Å²) in [7, 11) is -3.48. The molecule has 0 spiro atoms. The lowest BCUT2D eigenvalue weighted by Gasteiger charge is -2.12. The molecule has 0 unspecified atom stereocenters. The summed E-state index contributed by atoms with van der Waals surface area (Å²) in [5.41, 5.74) is 5.85. The zero-order chi connectivity index (χ0) is 13.2. The standard InChI is InChI=1S/C10H14N2O4S/c1-6(2)17(15,16)12-9-4-3-7(10(13)14)5-8(9)11/h3-6,12H,11H2,1-2H3,(H,13,14). The summed E-state index contributed by atoms with van der Waals surface area (Å²) in [5.74, 6) is -1.12. The average Bonchev–Trinajstić information content (AvgIpc) is 2.20. The van der Waals surface area contributed by atoms with Gasteiger partial charge in [0.1, 0.15) is 0 Å². The summed E-state index contributed by atoms with van der Waals surface area (Å²) >= 11 is 0. The number of nitrogens with one attached hydrogen (secondary N) is 1. The van der Waals surface area contributed by atoms with Crippen molar-refractivity contribution >= 4 is 27.4 Å². The van der Waals surface area contributed by atoms with Crippen LogP contribution in [0.5, 0.6) is 0 Å². The van der Waals surface area contributed by atoms with E-state index < -0.39 is 21.2 Å². The Hall–Kier alpha value is -1.76. The van der Waals surface area contributed by atoms with Crippen LogP contribution in [-0.2, 0) is 10.0 Å². The Kier molecular flexibility index (Phi) is 3.62. The molecule has 0 aliphatic heterocycles. The maximum Gasteiger partial charge on any atom is 0.335 e. The number of nitrogens with two attached hydrogens (primary N) is 1. The number of sulfonamides is 1. The molecule has 0 aliphatic carbocycles. The van der Waals surface area contributed by atoms with Gasteiger partial charge in [0, 0.05) is 0 Å². The molecule has 17 heavy (non-hydrogen) atoms. The lowest BCUT2D eigenvalue weighted by Crippen LogP contribution is -2.23. The van der Waals surface area contributed by atoms with Crippen molar-refractivity contribution in [2.75, 3.05) is 10.5 Å². The number of hydrogen-bond donors (Lipinski definition) is 3. The lowest BCUT2D eigenvalue weighted by atomic mass is 10.2. The third-order valence-electron chi connectivity index (χ3n) is 2.17. The van der Waals surface area contributed by atoms with Gasteiger partial charge in [0.25, 0.3) is 0 Å². The maximum absolute atomic E-state index is 11.6. The van der Waals surface area contributed by atoms with Crippen molar-refractivity contribution in [1.82, 2.24) is 0 Å². The number of carboxylic acid groups (broad SMARTS) is 1. The summed E-state index contributed by atoms with van der Waals surface area (Å²) in [6.07, 6.45) is 0. The van der Waals surface area contributed by atoms with Crippen LogP contribution in [0, 0.1) is 0 Å². The van der Waals surface area contributed by atoms with E-state index in [9.17, 15) is 13.2 Å². The van der Waals surface area contributed by atoms with E-state index in [-0.39, 0.29) is 16.9 Å². The second-order valence-electron chi connectivity index (χ2n) is 3.80. The molecule has 6 nitrogen and oxygen atoms in total. The summed E-state index contributed by atoms with van der Waals surface area (Å²) in [5, 5.41) is 8.13. The molecule has 0 saturated carbocycles. The fourth-order valence-electron chi connectivity index (χ4n) is 1.06. The van der Waals surface area contributed by atoms with E-state index in [1.54, 1.807) is 0 Å². The monoisotopic (exact) mass is 258 g/mol. The number of carbonyl (C=O) groups is 1. The normalized spacial score (nSPS) is 11.5. The van der Waals surface area contributed by atoms with Crippen molar-refractivity contribution in [2.45, 2.75) is 19.1 Å². The Morgan fingerprint density at radius 1 is 1.41 bits per heavy atom. The molecule has 0 aromatic heterocycles. The smallest absolute Gasteiger partial charge is 0.335 e. The topological polar surface area (TPSA) is 109 Å². The molecule has 7 heteroatoms. The summed E-state index contributed by atoms with van der Waals surface area (Å²) in [6.45, 7) is 3.06. The van der Waals surface area contributed by atoms with Crippen molar-refractivity contribution < 1.29 is 18.3 Å². The third kappa shape index (κ3) is 3.10. The molecular weight excluding hydrogens is 244 g/mol. The van der Waals surface area contributed by atoms with E-state index in [0.717, 1.165) is 0 Å². The van der Waals surface area contributed by atoms with Crippen molar-refractivity contribution in [3.8, 4) is 0 Å². The van der Waals surface area contributed by atoms with Gasteiger partial charge < -0.3 is 10.8 Å². The molecule has 0 atom stereocenters. The minimum absolute atomic E-state index is 0.00925. The quantitative estimate of drug-likeness (QED) is 0.701. The number of benzene rings is 1. The highest BCUT2D eigenvalue weighted by Gasteiger charge is 2.17. The molecule has 0 radical (unpaired) electrons. The molecule has 0 amide bonds. The first-order valence-corrected chi connectivity index (χ1v) is 6.43. The molecule has 0 saturated heterocycles. The zero-order valence-electron chi connectivity index (χ0n) is 9.47. The van der Waals surface area contributed by atoms with Crippen molar-refractivity contribution in [1.29, 1.82) is 0 Å². The first-order valence-electron chi connectivity index (χ1n) is 4.88. The second-order valence-corrected chi connectivity index (χ2v) is 6.04. The van der Waals surface area contributed by atoms with Gasteiger partial charge in [-0.15, -0.1) is 0 Å². The van der Waals surface area contributed by atoms with Gasteiger partial charge >= 0.3 is 5.97 Å². The van der Waals surface area contributed by atoms with Crippen LogP contribution in [0.3, 0.4) is 0 Å². The van der Waals surface area contributed by atoms with Crippen LogP contribution in [0.4, 0.5) is 11.4 Å². The number of hydrogen-bond acceptors (Lipinski definition) is 4. The van der Waals surface area contributed by atoms with Crippen LogP contribution in [-0.4, -0.2) is 24.7 Å². The minimum atomic E-state index is -3.48. The van der Waals surface area contributed by atoms with Gasteiger partial charge in [-0.3, -0.25) is 4.72 Å². The highest BCUT2D eigenvalue weighted by Crippen LogP contribution is 2.22. The average molecular weight is 258 g/mol. The van der Waals surface area contributed by atoms with Gasteiger partial charge in [0.2, 0.25) is 10.0 Å². The molecule has 4 N–H and O–H groups in total. The Morgan fingerprint density at radius 2 is 2.00 bits per heavy atom.